The smallest absolute Gasteiger partial charge is 0.191 e. The monoisotopic (exact) mass is 402 g/mol. The number of nitrogens with one attached hydrogen (secondary N) is 2. The molecule has 0 aliphatic carbocycles. The quantitative estimate of drug-likeness (QED) is 0.542. The Morgan fingerprint density at radius 2 is 1.93 bits per heavy atom. The minimum atomic E-state index is -0.0138. The molecule has 6 nitrogen and oxygen atoms in total. The van der Waals surface area contributed by atoms with E-state index in [4.69, 9.17) is 9.47 Å². The van der Waals surface area contributed by atoms with Crippen LogP contribution in [0.2, 0.25) is 0 Å². The third-order valence-corrected chi connectivity index (χ3v) is 6.36. The number of methoxy groups -OCH3 is 1. The molecule has 0 atom stereocenters. The second-order valence-electron chi connectivity index (χ2n) is 8.35. The second kappa shape index (κ2) is 10.8. The molecule has 1 aromatic rings. The molecule has 2 N–H and O–H groups in total. The summed E-state index contributed by atoms with van der Waals surface area (Å²) in [4.78, 5) is 7.00. The summed E-state index contributed by atoms with van der Waals surface area (Å²) in [6.45, 7) is 8.96. The Labute approximate surface area is 176 Å². The molecule has 2 aliphatic rings. The summed E-state index contributed by atoms with van der Waals surface area (Å²) < 4.78 is 11.4. The maximum atomic E-state index is 5.72. The van der Waals surface area contributed by atoms with Crippen LogP contribution in [0.5, 0.6) is 5.75 Å². The second-order valence-corrected chi connectivity index (χ2v) is 8.35. The van der Waals surface area contributed by atoms with Crippen molar-refractivity contribution in [2.75, 3.05) is 60.1 Å². The summed E-state index contributed by atoms with van der Waals surface area (Å²) in [7, 11) is 3.61. The number of aliphatic imine (C=N–C) groups is 1. The van der Waals surface area contributed by atoms with Gasteiger partial charge in [0.1, 0.15) is 5.75 Å². The van der Waals surface area contributed by atoms with Gasteiger partial charge in [0.15, 0.2) is 5.96 Å². The van der Waals surface area contributed by atoms with Crippen LogP contribution in [0.3, 0.4) is 0 Å². The van der Waals surface area contributed by atoms with Crippen LogP contribution in [0, 0.1) is 6.92 Å². The lowest BCUT2D eigenvalue weighted by Crippen LogP contribution is -2.49. The third kappa shape index (κ3) is 5.86. The average Bonchev–Trinajstić information content (AvgIpc) is 2.77. The van der Waals surface area contributed by atoms with E-state index in [1.807, 2.05) is 7.05 Å². The molecule has 0 spiro atoms. The van der Waals surface area contributed by atoms with E-state index in [1.54, 1.807) is 7.11 Å². The van der Waals surface area contributed by atoms with Gasteiger partial charge in [-0.3, -0.25) is 4.99 Å². The van der Waals surface area contributed by atoms with E-state index in [9.17, 15) is 0 Å². The van der Waals surface area contributed by atoms with Gasteiger partial charge in [0, 0.05) is 50.9 Å². The number of ether oxygens (including phenoxy) is 2. The van der Waals surface area contributed by atoms with Gasteiger partial charge in [-0.25, -0.2) is 0 Å². The first kappa shape index (κ1) is 21.9. The van der Waals surface area contributed by atoms with E-state index < -0.39 is 0 Å². The van der Waals surface area contributed by atoms with Crippen molar-refractivity contribution in [1.82, 2.24) is 15.5 Å². The van der Waals surface area contributed by atoms with Crippen LogP contribution in [0.1, 0.15) is 43.2 Å². The molecule has 6 heteroatoms. The number of hydrogen-bond donors (Lipinski definition) is 2. The fourth-order valence-corrected chi connectivity index (χ4v) is 4.53. The zero-order valence-electron chi connectivity index (χ0n) is 18.4. The Balaban J connectivity index is 1.63. The maximum Gasteiger partial charge on any atom is 0.191 e. The molecule has 1 aromatic carbocycles. The summed E-state index contributed by atoms with van der Waals surface area (Å²) in [5.41, 5.74) is 2.52. The van der Waals surface area contributed by atoms with Crippen LogP contribution < -0.4 is 15.4 Å². The standard InChI is InChI=1S/C23H38N4O2/c1-19-7-8-21(28-3)20(17-19)23(9-15-29-16-10-23)18-26-22(24-2)25-11-14-27-12-5-4-6-13-27/h7-8,17H,4-6,9-16,18H2,1-3H3,(H2,24,25,26). The van der Waals surface area contributed by atoms with Crippen molar-refractivity contribution in [2.45, 2.75) is 44.4 Å². The minimum Gasteiger partial charge on any atom is -0.496 e. The van der Waals surface area contributed by atoms with E-state index in [0.29, 0.717) is 0 Å². The summed E-state index contributed by atoms with van der Waals surface area (Å²) >= 11 is 0. The molecular formula is C23H38N4O2. The number of likely N-dealkylation sites (tertiary alicyclic amines) is 1. The minimum absolute atomic E-state index is 0.0138. The molecule has 0 unspecified atom stereocenters. The zero-order chi connectivity index (χ0) is 20.5. The molecule has 2 fully saturated rings. The number of aryl methyl sites for hydroxylation is 1. The Kier molecular flexibility index (Phi) is 8.19. The Hall–Kier alpha value is -1.79. The molecule has 0 amide bonds. The molecular weight excluding hydrogens is 364 g/mol. The van der Waals surface area contributed by atoms with E-state index in [-0.39, 0.29) is 5.41 Å². The maximum absolute atomic E-state index is 5.72. The highest BCUT2D eigenvalue weighted by Crippen LogP contribution is 2.40. The van der Waals surface area contributed by atoms with Crippen molar-refractivity contribution in [1.29, 1.82) is 0 Å². The van der Waals surface area contributed by atoms with E-state index >= 15 is 0 Å². The molecule has 162 valence electrons. The highest BCUT2D eigenvalue weighted by atomic mass is 16.5. The van der Waals surface area contributed by atoms with Crippen molar-refractivity contribution in [3.63, 3.8) is 0 Å². The predicted molar refractivity (Wildman–Crippen MR) is 119 cm³/mol. The van der Waals surface area contributed by atoms with Crippen LogP contribution in [0.15, 0.2) is 23.2 Å². The molecule has 2 saturated heterocycles. The number of hydrogen-bond acceptors (Lipinski definition) is 4. The van der Waals surface area contributed by atoms with Crippen molar-refractivity contribution in [3.05, 3.63) is 29.3 Å². The van der Waals surface area contributed by atoms with E-state index in [2.05, 4.69) is 45.6 Å². The molecule has 29 heavy (non-hydrogen) atoms. The van der Waals surface area contributed by atoms with Gasteiger partial charge >= 0.3 is 0 Å². The van der Waals surface area contributed by atoms with Crippen LogP contribution >= 0.6 is 0 Å². The van der Waals surface area contributed by atoms with Crippen LogP contribution in [-0.2, 0) is 10.2 Å². The van der Waals surface area contributed by atoms with E-state index in [0.717, 1.165) is 57.4 Å². The summed E-state index contributed by atoms with van der Waals surface area (Å²) in [6, 6.07) is 6.48. The Morgan fingerprint density at radius 1 is 1.17 bits per heavy atom. The topological polar surface area (TPSA) is 58.1 Å². The number of guanidine groups is 1. The SMILES string of the molecule is CN=C(NCCN1CCCCC1)NCC1(c2cc(C)ccc2OC)CCOCC1. The van der Waals surface area contributed by atoms with Gasteiger partial charge in [-0.1, -0.05) is 24.1 Å². The zero-order valence-corrected chi connectivity index (χ0v) is 18.4. The fraction of sp³-hybridized carbons (Fsp3) is 0.696. The highest BCUT2D eigenvalue weighted by molar-refractivity contribution is 5.79. The molecule has 0 bridgehead atoms. The molecule has 0 radical (unpaired) electrons. The van der Waals surface area contributed by atoms with Gasteiger partial charge in [0.2, 0.25) is 0 Å². The summed E-state index contributed by atoms with van der Waals surface area (Å²) in [5, 5.41) is 7.10. The van der Waals surface area contributed by atoms with Crippen molar-refractivity contribution in [2.24, 2.45) is 4.99 Å². The van der Waals surface area contributed by atoms with Gasteiger partial charge in [0.05, 0.1) is 7.11 Å². The fourth-order valence-electron chi connectivity index (χ4n) is 4.53. The number of nitrogens with zero attached hydrogens (tertiary/aromatic N) is 2. The Morgan fingerprint density at radius 3 is 2.62 bits per heavy atom. The highest BCUT2D eigenvalue weighted by Gasteiger charge is 2.37. The normalized spacial score (nSPS) is 20.3. The van der Waals surface area contributed by atoms with E-state index in [1.165, 1.54) is 43.5 Å². The molecule has 3 rings (SSSR count). The molecule has 0 aromatic heterocycles. The van der Waals surface area contributed by atoms with Crippen molar-refractivity contribution < 1.29 is 9.47 Å². The van der Waals surface area contributed by atoms with Crippen LogP contribution in [0.25, 0.3) is 0 Å². The first-order valence-corrected chi connectivity index (χ1v) is 11.1. The first-order chi connectivity index (χ1) is 14.2. The van der Waals surface area contributed by atoms with Crippen LogP contribution in [0.4, 0.5) is 0 Å². The number of piperidine rings is 1. The number of benzene rings is 1. The van der Waals surface area contributed by atoms with Gasteiger partial charge in [-0.2, -0.15) is 0 Å². The lowest BCUT2D eigenvalue weighted by molar-refractivity contribution is 0.0505. The molecule has 2 heterocycles. The first-order valence-electron chi connectivity index (χ1n) is 11.1. The lowest BCUT2D eigenvalue weighted by atomic mass is 9.73. The van der Waals surface area contributed by atoms with Crippen molar-refractivity contribution in [3.8, 4) is 5.75 Å². The van der Waals surface area contributed by atoms with Crippen molar-refractivity contribution >= 4 is 5.96 Å². The largest absolute Gasteiger partial charge is 0.496 e. The van der Waals surface area contributed by atoms with Gasteiger partial charge in [-0.05, 0) is 51.8 Å². The van der Waals surface area contributed by atoms with Gasteiger partial charge in [0.25, 0.3) is 0 Å². The predicted octanol–water partition coefficient (Wildman–Crippen LogP) is 2.70. The molecule has 0 saturated carbocycles. The lowest BCUT2D eigenvalue weighted by Gasteiger charge is -2.39. The third-order valence-electron chi connectivity index (χ3n) is 6.36. The average molecular weight is 403 g/mol. The summed E-state index contributed by atoms with van der Waals surface area (Å²) in [5.74, 6) is 1.84. The molecule has 2 aliphatic heterocycles. The van der Waals surface area contributed by atoms with Crippen LogP contribution in [-0.4, -0.2) is 71.0 Å². The summed E-state index contributed by atoms with van der Waals surface area (Å²) in [6.07, 6.45) is 5.99. The Bertz CT molecular complexity index is 665. The van der Waals surface area contributed by atoms with Gasteiger partial charge < -0.3 is 25.0 Å². The van der Waals surface area contributed by atoms with Gasteiger partial charge in [-0.15, -0.1) is 0 Å². The number of rotatable bonds is 7.